The molecule has 3 N–H and O–H groups in total. The maximum Gasteiger partial charge on any atom is 0.315 e. The van der Waals surface area contributed by atoms with Crippen LogP contribution in [0.5, 0.6) is 0 Å². The highest BCUT2D eigenvalue weighted by atomic mass is 32.2. The molecular weight excluding hydrogens is 304 g/mol. The number of hydrogen-bond donors (Lipinski definition) is 3. The van der Waals surface area contributed by atoms with Crippen LogP contribution in [0.2, 0.25) is 0 Å². The summed E-state index contributed by atoms with van der Waals surface area (Å²) in [7, 11) is -2.99. The molecule has 2 heterocycles. The number of urea groups is 1. The molecule has 1 aliphatic rings. The standard InChI is InChI=1S/C14H18N4O3S/c1-9-2-3-11-12(6-9)18-13(17-11)7-15-14(19)16-10-4-5-22(20,21)8-10/h2-3,6,10H,4-5,7-8H2,1H3,(H,17,18)(H2,15,16,19). The van der Waals surface area contributed by atoms with Crippen molar-refractivity contribution in [3.63, 3.8) is 0 Å². The topological polar surface area (TPSA) is 104 Å². The zero-order valence-corrected chi connectivity index (χ0v) is 13.0. The van der Waals surface area contributed by atoms with Crippen LogP contribution in [0.4, 0.5) is 4.79 Å². The SMILES string of the molecule is Cc1ccc2nc(CNC(=O)NC3CCS(=O)(=O)C3)[nH]c2c1. The highest BCUT2D eigenvalue weighted by Crippen LogP contribution is 2.13. The highest BCUT2D eigenvalue weighted by molar-refractivity contribution is 7.91. The molecule has 118 valence electrons. The molecule has 1 saturated heterocycles. The Labute approximate surface area is 128 Å². The zero-order chi connectivity index (χ0) is 15.7. The van der Waals surface area contributed by atoms with E-state index in [1.165, 1.54) is 0 Å². The number of nitrogens with one attached hydrogen (secondary N) is 3. The maximum atomic E-state index is 11.8. The van der Waals surface area contributed by atoms with Crippen molar-refractivity contribution < 1.29 is 13.2 Å². The molecule has 0 bridgehead atoms. The molecule has 1 unspecified atom stereocenters. The van der Waals surface area contributed by atoms with Crippen molar-refractivity contribution in [3.05, 3.63) is 29.6 Å². The first-order valence-corrected chi connectivity index (χ1v) is 8.93. The van der Waals surface area contributed by atoms with E-state index >= 15 is 0 Å². The predicted molar refractivity (Wildman–Crippen MR) is 83.3 cm³/mol. The summed E-state index contributed by atoms with van der Waals surface area (Å²) in [5.74, 6) is 0.820. The quantitative estimate of drug-likeness (QED) is 0.779. The normalized spacial score (nSPS) is 20.1. The van der Waals surface area contributed by atoms with Crippen molar-refractivity contribution in [3.8, 4) is 0 Å². The van der Waals surface area contributed by atoms with Gasteiger partial charge in [-0.3, -0.25) is 0 Å². The van der Waals surface area contributed by atoms with E-state index in [0.29, 0.717) is 12.2 Å². The lowest BCUT2D eigenvalue weighted by Gasteiger charge is -2.11. The Morgan fingerprint density at radius 3 is 3.00 bits per heavy atom. The van der Waals surface area contributed by atoms with Gasteiger partial charge in [0.1, 0.15) is 5.82 Å². The van der Waals surface area contributed by atoms with Gasteiger partial charge in [0.15, 0.2) is 9.84 Å². The number of aromatic amines is 1. The molecule has 8 heteroatoms. The fourth-order valence-corrected chi connectivity index (χ4v) is 4.24. The Morgan fingerprint density at radius 1 is 1.45 bits per heavy atom. The van der Waals surface area contributed by atoms with E-state index in [1.807, 2.05) is 25.1 Å². The maximum absolute atomic E-state index is 11.8. The fraction of sp³-hybridized carbons (Fsp3) is 0.429. The molecule has 1 aromatic heterocycles. The molecule has 2 amide bonds. The number of aromatic nitrogens is 2. The van der Waals surface area contributed by atoms with Gasteiger partial charge in [-0.1, -0.05) is 6.07 Å². The third-order valence-electron chi connectivity index (χ3n) is 3.67. The van der Waals surface area contributed by atoms with Crippen LogP contribution < -0.4 is 10.6 Å². The lowest BCUT2D eigenvalue weighted by atomic mass is 10.2. The van der Waals surface area contributed by atoms with Crippen LogP contribution in [0.25, 0.3) is 11.0 Å². The summed E-state index contributed by atoms with van der Waals surface area (Å²) in [5.41, 5.74) is 2.92. The second-order valence-electron chi connectivity index (χ2n) is 5.63. The van der Waals surface area contributed by atoms with E-state index in [2.05, 4.69) is 20.6 Å². The van der Waals surface area contributed by atoms with E-state index in [1.54, 1.807) is 0 Å². The number of imidazole rings is 1. The van der Waals surface area contributed by atoms with Crippen molar-refractivity contribution in [2.24, 2.45) is 0 Å². The van der Waals surface area contributed by atoms with Gasteiger partial charge < -0.3 is 15.6 Å². The summed E-state index contributed by atoms with van der Waals surface area (Å²) in [4.78, 5) is 19.3. The summed E-state index contributed by atoms with van der Waals surface area (Å²) >= 11 is 0. The number of amides is 2. The molecule has 0 spiro atoms. The van der Waals surface area contributed by atoms with E-state index in [9.17, 15) is 13.2 Å². The minimum absolute atomic E-state index is 0.0182. The summed E-state index contributed by atoms with van der Waals surface area (Å²) in [6, 6.07) is 5.22. The van der Waals surface area contributed by atoms with Crippen LogP contribution in [0.15, 0.2) is 18.2 Å². The van der Waals surface area contributed by atoms with Gasteiger partial charge in [0.25, 0.3) is 0 Å². The molecule has 7 nitrogen and oxygen atoms in total. The van der Waals surface area contributed by atoms with Crippen molar-refractivity contribution in [2.75, 3.05) is 11.5 Å². The van der Waals surface area contributed by atoms with Gasteiger partial charge in [0.05, 0.1) is 29.1 Å². The number of carbonyl (C=O) groups is 1. The fourth-order valence-electron chi connectivity index (χ4n) is 2.57. The van der Waals surface area contributed by atoms with Crippen molar-refractivity contribution in [1.29, 1.82) is 0 Å². The number of fused-ring (bicyclic) bond motifs is 1. The molecule has 22 heavy (non-hydrogen) atoms. The highest BCUT2D eigenvalue weighted by Gasteiger charge is 2.28. The molecule has 1 fully saturated rings. The molecule has 2 aromatic rings. The van der Waals surface area contributed by atoms with Gasteiger partial charge in [-0.2, -0.15) is 0 Å². The van der Waals surface area contributed by atoms with E-state index in [0.717, 1.165) is 16.6 Å². The largest absolute Gasteiger partial charge is 0.340 e. The van der Waals surface area contributed by atoms with Crippen LogP contribution in [-0.2, 0) is 16.4 Å². The molecular formula is C14H18N4O3S. The van der Waals surface area contributed by atoms with Crippen LogP contribution in [-0.4, -0.2) is 42.0 Å². The summed E-state index contributed by atoms with van der Waals surface area (Å²) in [5, 5.41) is 5.37. The van der Waals surface area contributed by atoms with Gasteiger partial charge in [0, 0.05) is 6.04 Å². The third kappa shape index (κ3) is 3.38. The van der Waals surface area contributed by atoms with Crippen LogP contribution in [0.3, 0.4) is 0 Å². The van der Waals surface area contributed by atoms with Crippen molar-refractivity contribution in [2.45, 2.75) is 25.9 Å². The van der Waals surface area contributed by atoms with E-state index < -0.39 is 9.84 Å². The summed E-state index contributed by atoms with van der Waals surface area (Å²) < 4.78 is 22.7. The number of carbonyl (C=O) groups excluding carboxylic acids is 1. The number of hydrogen-bond acceptors (Lipinski definition) is 4. The van der Waals surface area contributed by atoms with Crippen LogP contribution >= 0.6 is 0 Å². The first-order valence-electron chi connectivity index (χ1n) is 7.11. The predicted octanol–water partition coefficient (Wildman–Crippen LogP) is 0.858. The minimum atomic E-state index is -2.99. The molecule has 1 aromatic carbocycles. The second kappa shape index (κ2) is 5.60. The number of sulfone groups is 1. The number of H-pyrrole nitrogens is 1. The Kier molecular flexibility index (Phi) is 3.78. The van der Waals surface area contributed by atoms with Gasteiger partial charge in [-0.05, 0) is 31.0 Å². The molecule has 0 saturated carbocycles. The lowest BCUT2D eigenvalue weighted by Crippen LogP contribution is -2.42. The molecule has 0 radical (unpaired) electrons. The molecule has 3 rings (SSSR count). The smallest absolute Gasteiger partial charge is 0.315 e. The number of benzene rings is 1. The first-order chi connectivity index (χ1) is 10.4. The van der Waals surface area contributed by atoms with Crippen LogP contribution in [0.1, 0.15) is 17.8 Å². The van der Waals surface area contributed by atoms with Crippen molar-refractivity contribution in [1.82, 2.24) is 20.6 Å². The lowest BCUT2D eigenvalue weighted by molar-refractivity contribution is 0.237. The average molecular weight is 322 g/mol. The van der Waals surface area contributed by atoms with Crippen molar-refractivity contribution >= 4 is 26.9 Å². The Bertz CT molecular complexity index is 813. The Hall–Kier alpha value is -2.09. The van der Waals surface area contributed by atoms with E-state index in [-0.39, 0.29) is 30.1 Å². The minimum Gasteiger partial charge on any atom is -0.340 e. The Morgan fingerprint density at radius 2 is 2.27 bits per heavy atom. The monoisotopic (exact) mass is 322 g/mol. The summed E-state index contributed by atoms with van der Waals surface area (Å²) in [6.07, 6.45) is 0.472. The molecule has 1 aliphatic heterocycles. The third-order valence-corrected chi connectivity index (χ3v) is 5.44. The summed E-state index contributed by atoms with van der Waals surface area (Å²) in [6.45, 7) is 2.26. The average Bonchev–Trinajstić information content (AvgIpc) is 2.98. The Balaban J connectivity index is 1.56. The first kappa shape index (κ1) is 14.8. The van der Waals surface area contributed by atoms with Gasteiger partial charge in [-0.15, -0.1) is 0 Å². The number of nitrogens with zero attached hydrogens (tertiary/aromatic N) is 1. The zero-order valence-electron chi connectivity index (χ0n) is 12.2. The van der Waals surface area contributed by atoms with E-state index in [4.69, 9.17) is 0 Å². The van der Waals surface area contributed by atoms with Gasteiger partial charge in [-0.25, -0.2) is 18.2 Å². The second-order valence-corrected chi connectivity index (χ2v) is 7.86. The molecule has 1 atom stereocenters. The van der Waals surface area contributed by atoms with Crippen LogP contribution in [0, 0.1) is 6.92 Å². The van der Waals surface area contributed by atoms with Gasteiger partial charge in [0.2, 0.25) is 0 Å². The van der Waals surface area contributed by atoms with Gasteiger partial charge >= 0.3 is 6.03 Å². The number of aryl methyl sites for hydroxylation is 1. The molecule has 0 aliphatic carbocycles. The number of rotatable bonds is 3.